The molecule has 0 spiro atoms. The highest BCUT2D eigenvalue weighted by atomic mass is 79.9. The van der Waals surface area contributed by atoms with Crippen LogP contribution in [-0.2, 0) is 6.11 Å². The smallest absolute Gasteiger partial charge is 0.426 e. The molecule has 1 nitrogen and oxygen atoms in total. The van der Waals surface area contributed by atoms with Gasteiger partial charge >= 0.3 is 6.11 Å². The number of hydrogen-bond acceptors (Lipinski definition) is 1. The van der Waals surface area contributed by atoms with Crippen LogP contribution in [0.2, 0.25) is 0 Å². The molecule has 0 aliphatic heterocycles. The quantitative estimate of drug-likeness (QED) is 0.387. The second-order valence-electron chi connectivity index (χ2n) is 3.83. The van der Waals surface area contributed by atoms with Gasteiger partial charge in [0.15, 0.2) is 17.5 Å². The largest absolute Gasteiger partial charge is 0.429 e. The Morgan fingerprint density at radius 3 is 1.67 bits per heavy atom. The van der Waals surface area contributed by atoms with Gasteiger partial charge in [0.2, 0.25) is 0 Å². The van der Waals surface area contributed by atoms with Gasteiger partial charge in [-0.25, -0.2) is 13.2 Å². The number of hydrogen-bond donors (Lipinski definition) is 0. The molecule has 0 saturated carbocycles. The van der Waals surface area contributed by atoms with Crippen LogP contribution in [-0.4, -0.2) is 0 Å². The Hall–Kier alpha value is -1.63. The predicted octanol–water partition coefficient (Wildman–Crippen LogP) is 7.05. The highest BCUT2D eigenvalue weighted by molar-refractivity contribution is 9.10. The second-order valence-corrected chi connectivity index (χ2v) is 4.74. The van der Waals surface area contributed by atoms with Crippen LogP contribution >= 0.6 is 15.9 Å². The van der Waals surface area contributed by atoms with Crippen LogP contribution in [0.1, 0.15) is 33.3 Å². The second kappa shape index (κ2) is 10.3. The zero-order valence-corrected chi connectivity index (χ0v) is 15.2. The first kappa shape index (κ1) is 22.4. The average molecular weight is 413 g/mol. The van der Waals surface area contributed by atoms with E-state index in [-0.39, 0.29) is 0 Å². The molecule has 0 fully saturated rings. The molecule has 134 valence electrons. The normalized spacial score (nSPS) is 10.1. The molecule has 2 aromatic rings. The monoisotopic (exact) mass is 412 g/mol. The van der Waals surface area contributed by atoms with Crippen molar-refractivity contribution in [3.05, 3.63) is 63.9 Å². The van der Waals surface area contributed by atoms with Gasteiger partial charge < -0.3 is 4.74 Å². The molecule has 0 amide bonds. The van der Waals surface area contributed by atoms with Crippen molar-refractivity contribution >= 4 is 15.9 Å². The van der Waals surface area contributed by atoms with Crippen molar-refractivity contribution in [3.63, 3.8) is 0 Å². The molecule has 7 heteroatoms. The fourth-order valence-corrected chi connectivity index (χ4v) is 1.71. The van der Waals surface area contributed by atoms with Crippen LogP contribution in [0.15, 0.2) is 40.9 Å². The lowest BCUT2D eigenvalue weighted by Crippen LogP contribution is -2.22. The summed E-state index contributed by atoms with van der Waals surface area (Å²) in [5, 5.41) is 0. The Morgan fingerprint density at radius 1 is 0.833 bits per heavy atom. The van der Waals surface area contributed by atoms with Gasteiger partial charge in [-0.1, -0.05) is 43.6 Å². The lowest BCUT2D eigenvalue weighted by Gasteiger charge is -2.18. The Bertz CT molecular complexity index is 606. The molecule has 0 radical (unpaired) electrons. The summed E-state index contributed by atoms with van der Waals surface area (Å²) < 4.78 is 70.9. The fourth-order valence-electron chi connectivity index (χ4n) is 1.44. The van der Waals surface area contributed by atoms with Gasteiger partial charge in [0.05, 0.1) is 5.56 Å². The van der Waals surface area contributed by atoms with Crippen LogP contribution < -0.4 is 4.74 Å². The molecule has 0 bridgehead atoms. The van der Waals surface area contributed by atoms with E-state index < -0.39 is 34.9 Å². The van der Waals surface area contributed by atoms with Crippen molar-refractivity contribution in [2.24, 2.45) is 0 Å². The minimum Gasteiger partial charge on any atom is -0.429 e. The third-order valence-electron chi connectivity index (χ3n) is 2.38. The van der Waals surface area contributed by atoms with E-state index in [2.05, 4.69) is 20.7 Å². The summed E-state index contributed by atoms with van der Waals surface area (Å²) in [5.74, 6) is -5.77. The maximum atomic E-state index is 13.8. The summed E-state index contributed by atoms with van der Waals surface area (Å²) >= 11 is 3.08. The molecular weight excluding hydrogens is 395 g/mol. The maximum Gasteiger partial charge on any atom is 0.426 e. The first-order chi connectivity index (χ1) is 11.3. The predicted molar refractivity (Wildman–Crippen MR) is 87.7 cm³/mol. The first-order valence-corrected chi connectivity index (χ1v) is 8.06. The molecule has 2 rings (SSSR count). The molecule has 0 aliphatic rings. The van der Waals surface area contributed by atoms with Gasteiger partial charge in [-0.2, -0.15) is 8.78 Å². The first-order valence-electron chi connectivity index (χ1n) is 7.27. The third kappa shape index (κ3) is 6.11. The van der Waals surface area contributed by atoms with Crippen molar-refractivity contribution in [2.45, 2.75) is 33.8 Å². The zero-order chi connectivity index (χ0) is 18.9. The van der Waals surface area contributed by atoms with E-state index in [1.54, 1.807) is 0 Å². The van der Waals surface area contributed by atoms with Gasteiger partial charge in [0.25, 0.3) is 0 Å². The summed E-state index contributed by atoms with van der Waals surface area (Å²) in [6.07, 6.45) is -3.81. The van der Waals surface area contributed by atoms with Crippen molar-refractivity contribution in [2.75, 3.05) is 0 Å². The van der Waals surface area contributed by atoms with Gasteiger partial charge in [-0.05, 0) is 24.3 Å². The molecule has 0 unspecified atom stereocenters. The lowest BCUT2D eigenvalue weighted by atomic mass is 10.2. The van der Waals surface area contributed by atoms with Crippen LogP contribution in [0.4, 0.5) is 22.0 Å². The van der Waals surface area contributed by atoms with Crippen molar-refractivity contribution < 1.29 is 26.7 Å². The molecular formula is C17H18BrF5O. The molecule has 0 N–H and O–H groups in total. The van der Waals surface area contributed by atoms with Gasteiger partial charge in [-0.15, -0.1) is 0 Å². The molecule has 0 saturated heterocycles. The summed E-state index contributed by atoms with van der Waals surface area (Å²) in [7, 11) is 0. The van der Waals surface area contributed by atoms with Gasteiger partial charge in [0.1, 0.15) is 5.75 Å². The number of ether oxygens (including phenoxy) is 1. The van der Waals surface area contributed by atoms with E-state index >= 15 is 0 Å². The topological polar surface area (TPSA) is 9.23 Å². The lowest BCUT2D eigenvalue weighted by molar-refractivity contribution is -0.185. The third-order valence-corrected chi connectivity index (χ3v) is 2.91. The van der Waals surface area contributed by atoms with Crippen LogP contribution in [0, 0.1) is 17.5 Å². The maximum absolute atomic E-state index is 13.8. The van der Waals surface area contributed by atoms with E-state index in [9.17, 15) is 22.0 Å². The van der Waals surface area contributed by atoms with Crippen molar-refractivity contribution in [1.29, 1.82) is 0 Å². The summed E-state index contributed by atoms with van der Waals surface area (Å²) in [5.41, 5.74) is -0.508. The van der Waals surface area contributed by atoms with Crippen LogP contribution in [0.5, 0.6) is 5.75 Å². The van der Waals surface area contributed by atoms with Crippen LogP contribution in [0.25, 0.3) is 0 Å². The van der Waals surface area contributed by atoms with Gasteiger partial charge in [-0.3, -0.25) is 0 Å². The number of rotatable bonds is 3. The number of alkyl halides is 2. The molecule has 0 atom stereocenters. The standard InChI is InChI=1S/C13H6BrF5O.2C2H6/c14-8-3-1-7(2-4-8)13(18,19)20-9-5-10(15)12(17)11(16)6-9;2*1-2/h1-6H;2*1-2H3. The van der Waals surface area contributed by atoms with Gasteiger partial charge in [0, 0.05) is 16.6 Å². The minimum absolute atomic E-state index is 0.352. The number of benzene rings is 2. The SMILES string of the molecule is CC.CC.Fc1cc(OC(F)(F)c2ccc(Br)cc2)cc(F)c1F. The molecule has 0 aromatic heterocycles. The highest BCUT2D eigenvalue weighted by Crippen LogP contribution is 2.33. The van der Waals surface area contributed by atoms with E-state index in [4.69, 9.17) is 0 Å². The molecule has 2 aromatic carbocycles. The minimum atomic E-state index is -3.81. The molecule has 0 heterocycles. The summed E-state index contributed by atoms with van der Waals surface area (Å²) in [6.45, 7) is 8.00. The fraction of sp³-hybridized carbons (Fsp3) is 0.294. The van der Waals surface area contributed by atoms with E-state index in [1.807, 2.05) is 27.7 Å². The Kier molecular flexibility index (Phi) is 9.58. The Balaban J connectivity index is 0.00000123. The highest BCUT2D eigenvalue weighted by Gasteiger charge is 2.35. The summed E-state index contributed by atoms with van der Waals surface area (Å²) in [6, 6.07) is 5.59. The Labute approximate surface area is 146 Å². The number of halogens is 6. The van der Waals surface area contributed by atoms with E-state index in [0.29, 0.717) is 16.6 Å². The average Bonchev–Trinajstić information content (AvgIpc) is 2.56. The summed E-state index contributed by atoms with van der Waals surface area (Å²) in [4.78, 5) is 0. The van der Waals surface area contributed by atoms with Crippen molar-refractivity contribution in [3.8, 4) is 5.75 Å². The van der Waals surface area contributed by atoms with Crippen molar-refractivity contribution in [1.82, 2.24) is 0 Å². The molecule has 24 heavy (non-hydrogen) atoms. The van der Waals surface area contributed by atoms with Crippen LogP contribution in [0.3, 0.4) is 0 Å². The zero-order valence-electron chi connectivity index (χ0n) is 13.6. The van der Waals surface area contributed by atoms with E-state index in [0.717, 1.165) is 12.1 Å². The Morgan fingerprint density at radius 2 is 1.25 bits per heavy atom. The van der Waals surface area contributed by atoms with E-state index in [1.165, 1.54) is 12.1 Å². The molecule has 0 aliphatic carbocycles.